The zero-order chi connectivity index (χ0) is 16.4. The molecular weight excluding hydrogens is 284 g/mol. The van der Waals surface area contributed by atoms with Gasteiger partial charge in [0, 0.05) is 32.1 Å². The Morgan fingerprint density at radius 2 is 2.05 bits per heavy atom. The predicted octanol–water partition coefficient (Wildman–Crippen LogP) is 0.807. The molecule has 2 saturated heterocycles. The second-order valence-corrected chi connectivity index (χ2v) is 7.46. The van der Waals surface area contributed by atoms with Crippen molar-refractivity contribution in [3.63, 3.8) is 0 Å². The number of hydrogen-bond donors (Lipinski definition) is 2. The maximum absolute atomic E-state index is 11.9. The van der Waals surface area contributed by atoms with E-state index in [9.17, 15) is 4.79 Å². The van der Waals surface area contributed by atoms with E-state index < -0.39 is 5.60 Å². The molecule has 0 aliphatic carbocycles. The smallest absolute Gasteiger partial charge is 0.410 e. The molecule has 2 aliphatic heterocycles. The third-order valence-corrected chi connectivity index (χ3v) is 3.68. The van der Waals surface area contributed by atoms with E-state index in [1.165, 1.54) is 0 Å². The van der Waals surface area contributed by atoms with Crippen LogP contribution in [0.15, 0.2) is 4.99 Å². The lowest BCUT2D eigenvalue weighted by molar-refractivity contribution is -0.0971. The Balaban J connectivity index is 1.68. The molecule has 1 amide bonds. The summed E-state index contributed by atoms with van der Waals surface area (Å²) in [4.78, 5) is 17.8. The maximum Gasteiger partial charge on any atom is 0.410 e. The van der Waals surface area contributed by atoms with Gasteiger partial charge in [0.2, 0.25) is 0 Å². The zero-order valence-electron chi connectivity index (χ0n) is 14.2. The Hall–Kier alpha value is -1.50. The maximum atomic E-state index is 11.9. The van der Waals surface area contributed by atoms with Crippen LogP contribution in [0.3, 0.4) is 0 Å². The summed E-state index contributed by atoms with van der Waals surface area (Å²) in [5.74, 6) is 0.766. The highest BCUT2D eigenvalue weighted by Crippen LogP contribution is 2.25. The van der Waals surface area contributed by atoms with E-state index in [-0.39, 0.29) is 17.6 Å². The van der Waals surface area contributed by atoms with Crippen LogP contribution < -0.4 is 10.6 Å². The minimum absolute atomic E-state index is 0.194. The first-order chi connectivity index (χ1) is 10.2. The van der Waals surface area contributed by atoms with E-state index in [4.69, 9.17) is 9.47 Å². The predicted molar refractivity (Wildman–Crippen MR) is 85.0 cm³/mol. The van der Waals surface area contributed by atoms with Gasteiger partial charge in [0.25, 0.3) is 0 Å². The molecule has 7 heteroatoms. The summed E-state index contributed by atoms with van der Waals surface area (Å²) in [6.07, 6.45) is -0.257. The minimum Gasteiger partial charge on any atom is -0.444 e. The van der Waals surface area contributed by atoms with Crippen molar-refractivity contribution in [2.75, 3.05) is 39.9 Å². The first-order valence-electron chi connectivity index (χ1n) is 7.74. The molecule has 2 fully saturated rings. The molecule has 7 nitrogen and oxygen atoms in total. The normalized spacial score (nSPS) is 21.7. The van der Waals surface area contributed by atoms with Crippen LogP contribution in [-0.2, 0) is 9.47 Å². The van der Waals surface area contributed by atoms with Crippen molar-refractivity contribution in [2.24, 2.45) is 10.4 Å². The van der Waals surface area contributed by atoms with Crippen LogP contribution in [0.5, 0.6) is 0 Å². The highest BCUT2D eigenvalue weighted by molar-refractivity contribution is 5.80. The summed E-state index contributed by atoms with van der Waals surface area (Å²) >= 11 is 0. The summed E-state index contributed by atoms with van der Waals surface area (Å²) in [7, 11) is 1.75. The number of hydrogen-bond acceptors (Lipinski definition) is 4. The summed E-state index contributed by atoms with van der Waals surface area (Å²) in [6.45, 7) is 11.5. The molecule has 2 heterocycles. The molecule has 126 valence electrons. The summed E-state index contributed by atoms with van der Waals surface area (Å²) in [5, 5.41) is 6.64. The highest BCUT2D eigenvalue weighted by Gasteiger charge is 2.35. The monoisotopic (exact) mass is 312 g/mol. The molecule has 0 unspecified atom stereocenters. The molecule has 0 aromatic carbocycles. The van der Waals surface area contributed by atoms with E-state index in [0.717, 1.165) is 25.7 Å². The highest BCUT2D eigenvalue weighted by atomic mass is 16.6. The molecule has 0 radical (unpaired) electrons. The Bertz CT molecular complexity index is 435. The van der Waals surface area contributed by atoms with E-state index in [1.807, 2.05) is 20.8 Å². The first kappa shape index (κ1) is 16.9. The lowest BCUT2D eigenvalue weighted by atomic mass is 9.89. The van der Waals surface area contributed by atoms with Gasteiger partial charge in [-0.05, 0) is 20.8 Å². The van der Waals surface area contributed by atoms with Crippen molar-refractivity contribution >= 4 is 12.1 Å². The Labute approximate surface area is 132 Å². The molecule has 0 bridgehead atoms. The number of guanidine groups is 1. The third-order valence-electron chi connectivity index (χ3n) is 3.68. The van der Waals surface area contributed by atoms with Gasteiger partial charge in [0.1, 0.15) is 5.60 Å². The van der Waals surface area contributed by atoms with Crippen molar-refractivity contribution in [3.8, 4) is 0 Å². The van der Waals surface area contributed by atoms with Crippen molar-refractivity contribution < 1.29 is 14.3 Å². The Morgan fingerprint density at radius 3 is 2.50 bits per heavy atom. The molecule has 0 aromatic heterocycles. The number of aliphatic imine (C=N–C) groups is 1. The van der Waals surface area contributed by atoms with Gasteiger partial charge in [-0.25, -0.2) is 4.79 Å². The van der Waals surface area contributed by atoms with Gasteiger partial charge in [-0.2, -0.15) is 0 Å². The summed E-state index contributed by atoms with van der Waals surface area (Å²) in [6, 6.07) is 0.212. The van der Waals surface area contributed by atoms with Gasteiger partial charge in [-0.1, -0.05) is 6.92 Å². The average Bonchev–Trinajstić information content (AvgIpc) is 2.32. The van der Waals surface area contributed by atoms with Crippen LogP contribution in [0.2, 0.25) is 0 Å². The van der Waals surface area contributed by atoms with Gasteiger partial charge in [0.15, 0.2) is 5.96 Å². The topological polar surface area (TPSA) is 75.2 Å². The fourth-order valence-electron chi connectivity index (χ4n) is 2.28. The van der Waals surface area contributed by atoms with Crippen LogP contribution in [0.25, 0.3) is 0 Å². The second kappa shape index (κ2) is 6.32. The molecule has 22 heavy (non-hydrogen) atoms. The fraction of sp³-hybridized carbons (Fsp3) is 0.867. The lowest BCUT2D eigenvalue weighted by Gasteiger charge is -2.41. The number of ether oxygens (including phenoxy) is 2. The molecule has 2 aliphatic rings. The van der Waals surface area contributed by atoms with Crippen LogP contribution in [0.1, 0.15) is 27.7 Å². The quantitative estimate of drug-likeness (QED) is 0.596. The summed E-state index contributed by atoms with van der Waals surface area (Å²) < 4.78 is 10.6. The molecular formula is C15H28N4O3. The molecule has 2 rings (SSSR count). The summed E-state index contributed by atoms with van der Waals surface area (Å²) in [5.41, 5.74) is -0.257. The van der Waals surface area contributed by atoms with Gasteiger partial charge < -0.3 is 25.0 Å². The minimum atomic E-state index is -0.451. The van der Waals surface area contributed by atoms with Gasteiger partial charge in [0.05, 0.1) is 19.3 Å². The Kier molecular flexibility index (Phi) is 4.84. The average molecular weight is 312 g/mol. The molecule has 0 spiro atoms. The van der Waals surface area contributed by atoms with Crippen molar-refractivity contribution in [2.45, 2.75) is 39.3 Å². The number of carbonyl (C=O) groups is 1. The lowest BCUT2D eigenvalue weighted by Crippen LogP contribution is -2.63. The van der Waals surface area contributed by atoms with E-state index in [2.05, 4.69) is 22.5 Å². The number of nitrogens with one attached hydrogen (secondary N) is 2. The number of rotatable bonds is 3. The SMILES string of the molecule is CN=C(NCC1(C)COC1)NC1CN(C(=O)OC(C)(C)C)C1. The molecule has 0 aromatic rings. The molecule has 0 atom stereocenters. The number of carbonyl (C=O) groups excluding carboxylic acids is 1. The largest absolute Gasteiger partial charge is 0.444 e. The van der Waals surface area contributed by atoms with Crippen LogP contribution in [0, 0.1) is 5.41 Å². The van der Waals surface area contributed by atoms with Crippen molar-refractivity contribution in [3.05, 3.63) is 0 Å². The first-order valence-corrected chi connectivity index (χ1v) is 7.74. The molecule has 2 N–H and O–H groups in total. The van der Waals surface area contributed by atoms with Crippen molar-refractivity contribution in [1.29, 1.82) is 0 Å². The van der Waals surface area contributed by atoms with E-state index in [1.54, 1.807) is 11.9 Å². The van der Waals surface area contributed by atoms with E-state index in [0.29, 0.717) is 13.1 Å². The van der Waals surface area contributed by atoms with Crippen LogP contribution in [0.4, 0.5) is 4.79 Å². The van der Waals surface area contributed by atoms with Gasteiger partial charge in [-0.3, -0.25) is 4.99 Å². The van der Waals surface area contributed by atoms with E-state index >= 15 is 0 Å². The van der Waals surface area contributed by atoms with Crippen LogP contribution >= 0.6 is 0 Å². The van der Waals surface area contributed by atoms with Crippen molar-refractivity contribution in [1.82, 2.24) is 15.5 Å². The molecule has 0 saturated carbocycles. The van der Waals surface area contributed by atoms with Gasteiger partial charge >= 0.3 is 6.09 Å². The zero-order valence-corrected chi connectivity index (χ0v) is 14.2. The van der Waals surface area contributed by atoms with Gasteiger partial charge in [-0.15, -0.1) is 0 Å². The van der Waals surface area contributed by atoms with Crippen LogP contribution in [-0.4, -0.2) is 68.5 Å². The standard InChI is InChI=1S/C15H28N4O3/c1-14(2,3)22-13(20)19-6-11(7-19)18-12(16-5)17-8-15(4)9-21-10-15/h11H,6-10H2,1-5H3,(H2,16,17,18). The number of likely N-dealkylation sites (tertiary alicyclic amines) is 1. The Morgan fingerprint density at radius 1 is 1.41 bits per heavy atom. The number of amides is 1. The fourth-order valence-corrected chi connectivity index (χ4v) is 2.28. The third kappa shape index (κ3) is 4.50. The number of nitrogens with zero attached hydrogens (tertiary/aromatic N) is 2. The second-order valence-electron chi connectivity index (χ2n) is 7.46.